The van der Waals surface area contributed by atoms with E-state index in [0.29, 0.717) is 28.2 Å². The van der Waals surface area contributed by atoms with E-state index in [1.165, 1.54) is 14.2 Å². The molecule has 23 heavy (non-hydrogen) atoms. The highest BCUT2D eigenvalue weighted by molar-refractivity contribution is 6.05. The van der Waals surface area contributed by atoms with Crippen LogP contribution < -0.4 is 20.9 Å². The molecule has 2 aromatic carbocycles. The summed E-state index contributed by atoms with van der Waals surface area (Å²) < 4.78 is 11.5. The second-order valence-electron chi connectivity index (χ2n) is 4.88. The number of fused-ring (bicyclic) bond motifs is 1. The molecule has 1 heterocycles. The Labute approximate surface area is 131 Å². The molecule has 0 radical (unpaired) electrons. The minimum absolute atomic E-state index is 0.178. The van der Waals surface area contributed by atoms with Gasteiger partial charge in [0, 0.05) is 5.69 Å². The van der Waals surface area contributed by atoms with Gasteiger partial charge in [-0.05, 0) is 30.3 Å². The molecule has 0 aliphatic heterocycles. The first-order valence-electron chi connectivity index (χ1n) is 6.82. The number of nitrogens with one attached hydrogen (secondary N) is 1. The topological polar surface area (TPSA) is 99.3 Å². The first-order valence-corrected chi connectivity index (χ1v) is 6.82. The molecule has 0 atom stereocenters. The maximum absolute atomic E-state index is 12.9. The number of benzene rings is 2. The number of carbonyl (C=O) groups is 1. The summed E-state index contributed by atoms with van der Waals surface area (Å²) in [6.45, 7) is 0. The molecule has 0 unspecified atom stereocenters. The smallest absolute Gasteiger partial charge is 0.333 e. The van der Waals surface area contributed by atoms with E-state index in [1.807, 2.05) is 0 Å². The second kappa shape index (κ2) is 5.53. The lowest BCUT2D eigenvalue weighted by Crippen LogP contribution is -2.25. The van der Waals surface area contributed by atoms with Gasteiger partial charge < -0.3 is 20.2 Å². The molecule has 0 aliphatic rings. The molecule has 0 saturated heterocycles. The summed E-state index contributed by atoms with van der Waals surface area (Å²) >= 11 is 0. The molecule has 0 spiro atoms. The Morgan fingerprint density at radius 3 is 2.39 bits per heavy atom. The number of carbonyl (C=O) groups excluding carboxylic acids is 1. The third-order valence-electron chi connectivity index (χ3n) is 3.55. The number of hydrogen-bond acceptors (Lipinski definition) is 5. The number of methoxy groups -OCH3 is 2. The lowest BCUT2D eigenvalue weighted by Gasteiger charge is -2.12. The van der Waals surface area contributed by atoms with Gasteiger partial charge in [-0.25, -0.2) is 9.36 Å². The lowest BCUT2D eigenvalue weighted by atomic mass is 10.1. The van der Waals surface area contributed by atoms with E-state index in [0.717, 1.165) is 4.57 Å². The van der Waals surface area contributed by atoms with Crippen molar-refractivity contribution in [1.82, 2.24) is 9.55 Å². The quantitative estimate of drug-likeness (QED) is 0.716. The molecular formula is C16H15N3O4. The van der Waals surface area contributed by atoms with Gasteiger partial charge in [-0.15, -0.1) is 0 Å². The fourth-order valence-corrected chi connectivity index (χ4v) is 2.50. The Hall–Kier alpha value is -3.22. The van der Waals surface area contributed by atoms with Crippen molar-refractivity contribution in [3.05, 3.63) is 52.4 Å². The maximum atomic E-state index is 12.9. The molecule has 0 bridgehead atoms. The summed E-state index contributed by atoms with van der Waals surface area (Å²) in [4.78, 5) is 27.8. The number of H-pyrrole nitrogens is 1. The highest BCUT2D eigenvalue weighted by Gasteiger charge is 2.23. The van der Waals surface area contributed by atoms with Crippen LogP contribution in [0.25, 0.3) is 11.0 Å². The molecule has 7 nitrogen and oxygen atoms in total. The molecule has 3 N–H and O–H groups in total. The monoisotopic (exact) mass is 313 g/mol. The average molecular weight is 313 g/mol. The van der Waals surface area contributed by atoms with Gasteiger partial charge in [-0.1, -0.05) is 6.07 Å². The van der Waals surface area contributed by atoms with Crippen molar-refractivity contribution in [3.8, 4) is 11.5 Å². The number of anilines is 1. The molecule has 118 valence electrons. The minimum Gasteiger partial charge on any atom is -0.496 e. The third-order valence-corrected chi connectivity index (χ3v) is 3.55. The predicted octanol–water partition coefficient (Wildman–Crippen LogP) is 1.62. The molecule has 0 aliphatic carbocycles. The Morgan fingerprint density at radius 2 is 1.78 bits per heavy atom. The SMILES string of the molecule is COc1cccc(OC)c1C(=O)n1c(=O)[nH]c2cc(N)ccc21. The van der Waals surface area contributed by atoms with Crippen LogP contribution >= 0.6 is 0 Å². The molecule has 3 rings (SSSR count). The average Bonchev–Trinajstić information content (AvgIpc) is 2.88. The van der Waals surface area contributed by atoms with E-state index >= 15 is 0 Å². The summed E-state index contributed by atoms with van der Waals surface area (Å²) in [6.07, 6.45) is 0. The van der Waals surface area contributed by atoms with Crippen molar-refractivity contribution < 1.29 is 14.3 Å². The van der Waals surface area contributed by atoms with Crippen molar-refractivity contribution in [1.29, 1.82) is 0 Å². The van der Waals surface area contributed by atoms with Crippen molar-refractivity contribution in [3.63, 3.8) is 0 Å². The maximum Gasteiger partial charge on any atom is 0.333 e. The van der Waals surface area contributed by atoms with Gasteiger partial charge in [-0.3, -0.25) is 4.79 Å². The van der Waals surface area contributed by atoms with E-state index in [1.54, 1.807) is 36.4 Å². The molecule has 7 heteroatoms. The van der Waals surface area contributed by atoms with Crippen molar-refractivity contribution in [2.75, 3.05) is 20.0 Å². The largest absolute Gasteiger partial charge is 0.496 e. The normalized spacial score (nSPS) is 10.7. The molecule has 0 fully saturated rings. The van der Waals surface area contributed by atoms with Crippen LogP contribution in [0.2, 0.25) is 0 Å². The van der Waals surface area contributed by atoms with Gasteiger partial charge in [0.05, 0.1) is 25.3 Å². The summed E-state index contributed by atoms with van der Waals surface area (Å²) in [7, 11) is 2.90. The van der Waals surface area contributed by atoms with Gasteiger partial charge in [0.2, 0.25) is 0 Å². The zero-order chi connectivity index (χ0) is 16.6. The van der Waals surface area contributed by atoms with Gasteiger partial charge in [-0.2, -0.15) is 0 Å². The van der Waals surface area contributed by atoms with E-state index < -0.39 is 11.6 Å². The van der Waals surface area contributed by atoms with Gasteiger partial charge in [0.15, 0.2) is 0 Å². The summed E-state index contributed by atoms with van der Waals surface area (Å²) in [5, 5.41) is 0. The number of aromatic amines is 1. The fourth-order valence-electron chi connectivity index (χ4n) is 2.50. The highest BCUT2D eigenvalue weighted by atomic mass is 16.5. The van der Waals surface area contributed by atoms with E-state index in [4.69, 9.17) is 15.2 Å². The van der Waals surface area contributed by atoms with Gasteiger partial charge in [0.25, 0.3) is 5.91 Å². The van der Waals surface area contributed by atoms with Crippen LogP contribution in [0.3, 0.4) is 0 Å². The predicted molar refractivity (Wildman–Crippen MR) is 86.2 cm³/mol. The summed E-state index contributed by atoms with van der Waals surface area (Å²) in [5.74, 6) is 0.109. The van der Waals surface area contributed by atoms with Crippen LogP contribution in [0.15, 0.2) is 41.2 Å². The summed E-state index contributed by atoms with van der Waals surface area (Å²) in [5.41, 5.74) is 6.74. The van der Waals surface area contributed by atoms with Crippen molar-refractivity contribution in [2.45, 2.75) is 0 Å². The Kier molecular flexibility index (Phi) is 3.53. The van der Waals surface area contributed by atoms with Crippen LogP contribution in [0.1, 0.15) is 10.4 Å². The first kappa shape index (κ1) is 14.7. The first-order chi connectivity index (χ1) is 11.1. The fraction of sp³-hybridized carbons (Fsp3) is 0.125. The molecule has 0 amide bonds. The zero-order valence-corrected chi connectivity index (χ0v) is 12.6. The number of nitrogen functional groups attached to an aromatic ring is 1. The number of aromatic nitrogens is 2. The summed E-state index contributed by atoms with van der Waals surface area (Å²) in [6, 6.07) is 9.80. The molecule has 1 aromatic heterocycles. The van der Waals surface area contributed by atoms with Gasteiger partial charge >= 0.3 is 5.69 Å². The third kappa shape index (κ3) is 2.32. The minimum atomic E-state index is -0.552. The number of ether oxygens (including phenoxy) is 2. The van der Waals surface area contributed by atoms with Crippen LogP contribution in [0.4, 0.5) is 5.69 Å². The number of imidazole rings is 1. The Morgan fingerprint density at radius 1 is 1.13 bits per heavy atom. The van der Waals surface area contributed by atoms with Crippen LogP contribution in [0.5, 0.6) is 11.5 Å². The van der Waals surface area contributed by atoms with Crippen LogP contribution in [0, 0.1) is 0 Å². The zero-order valence-electron chi connectivity index (χ0n) is 12.6. The number of rotatable bonds is 3. The van der Waals surface area contributed by atoms with E-state index in [2.05, 4.69) is 4.98 Å². The second-order valence-corrected chi connectivity index (χ2v) is 4.88. The Bertz CT molecular complexity index is 933. The highest BCUT2D eigenvalue weighted by Crippen LogP contribution is 2.29. The van der Waals surface area contributed by atoms with Crippen LogP contribution in [-0.2, 0) is 0 Å². The standard InChI is InChI=1S/C16H15N3O4/c1-22-12-4-3-5-13(23-2)14(12)15(20)19-11-7-6-9(17)8-10(11)18-16(19)21/h3-8H,17H2,1-2H3,(H,18,21). The lowest BCUT2D eigenvalue weighted by molar-refractivity contribution is 0.0955. The molecule has 3 aromatic rings. The van der Waals surface area contributed by atoms with Crippen molar-refractivity contribution >= 4 is 22.6 Å². The van der Waals surface area contributed by atoms with Crippen LogP contribution in [-0.4, -0.2) is 29.7 Å². The number of hydrogen-bond donors (Lipinski definition) is 2. The number of nitrogens with two attached hydrogens (primary N) is 1. The van der Waals surface area contributed by atoms with Crippen molar-refractivity contribution in [2.24, 2.45) is 0 Å². The van der Waals surface area contributed by atoms with Gasteiger partial charge in [0.1, 0.15) is 17.1 Å². The molecule has 0 saturated carbocycles. The molecular weight excluding hydrogens is 298 g/mol. The number of nitrogens with zero attached hydrogens (tertiary/aromatic N) is 1. The van der Waals surface area contributed by atoms with E-state index in [9.17, 15) is 9.59 Å². The Balaban J connectivity index is 2.27. The van der Waals surface area contributed by atoms with E-state index in [-0.39, 0.29) is 5.56 Å².